The number of fused-ring (bicyclic) bond motifs is 1. The molecule has 2 aromatic rings. The Hall–Kier alpha value is -2.49. The van der Waals surface area contributed by atoms with E-state index < -0.39 is 0 Å². The normalized spacial score (nSPS) is 22.2. The molecule has 1 amide bonds. The van der Waals surface area contributed by atoms with Gasteiger partial charge in [0.25, 0.3) is 0 Å². The summed E-state index contributed by atoms with van der Waals surface area (Å²) in [4.78, 5) is 12.3. The Morgan fingerprint density at radius 1 is 1.17 bits per heavy atom. The molecular weight excluding hydrogens is 300 g/mol. The molecule has 3 unspecified atom stereocenters. The molecule has 0 fully saturated rings. The number of carbonyl (C=O) groups excluding carboxylic acids is 1. The second kappa shape index (κ2) is 6.95. The first kappa shape index (κ1) is 16.4. The average Bonchev–Trinajstić information content (AvgIpc) is 2.59. The molecule has 0 radical (unpaired) electrons. The fourth-order valence-corrected chi connectivity index (χ4v) is 3.12. The Balaban J connectivity index is 1.71. The highest BCUT2D eigenvalue weighted by molar-refractivity contribution is 5.69. The lowest BCUT2D eigenvalue weighted by Crippen LogP contribution is -2.42. The molecule has 3 rings (SSSR count). The van der Waals surface area contributed by atoms with Crippen LogP contribution in [-0.2, 0) is 11.3 Å². The van der Waals surface area contributed by atoms with Crippen LogP contribution in [0.4, 0.5) is 10.5 Å². The Bertz CT molecular complexity index is 715. The predicted molar refractivity (Wildman–Crippen MR) is 95.9 cm³/mol. The second-order valence-electron chi connectivity index (χ2n) is 6.57. The van der Waals surface area contributed by atoms with Gasteiger partial charge in [0.15, 0.2) is 0 Å². The molecule has 2 aromatic carbocycles. The van der Waals surface area contributed by atoms with Gasteiger partial charge in [0, 0.05) is 17.6 Å². The molecule has 0 saturated heterocycles. The summed E-state index contributed by atoms with van der Waals surface area (Å²) in [5.41, 5.74) is 4.37. The van der Waals surface area contributed by atoms with Gasteiger partial charge < -0.3 is 15.4 Å². The van der Waals surface area contributed by atoms with Crippen LogP contribution in [0, 0.1) is 12.8 Å². The molecule has 0 spiro atoms. The maximum atomic E-state index is 12.3. The van der Waals surface area contributed by atoms with Crippen molar-refractivity contribution in [1.82, 2.24) is 5.32 Å². The molecule has 4 nitrogen and oxygen atoms in total. The van der Waals surface area contributed by atoms with Crippen LogP contribution in [0.2, 0.25) is 0 Å². The zero-order chi connectivity index (χ0) is 17.1. The van der Waals surface area contributed by atoms with Crippen molar-refractivity contribution in [3.05, 3.63) is 65.2 Å². The Morgan fingerprint density at radius 2 is 1.92 bits per heavy atom. The molecule has 1 aliphatic heterocycles. The molecule has 1 heterocycles. The summed E-state index contributed by atoms with van der Waals surface area (Å²) in [5.74, 6) is 0.267. The summed E-state index contributed by atoms with van der Waals surface area (Å²) in [5, 5.41) is 6.56. The van der Waals surface area contributed by atoms with Crippen molar-refractivity contribution in [3.63, 3.8) is 0 Å². The highest BCUT2D eigenvalue weighted by Crippen LogP contribution is 2.37. The monoisotopic (exact) mass is 324 g/mol. The van der Waals surface area contributed by atoms with Crippen LogP contribution in [0.1, 0.15) is 36.6 Å². The van der Waals surface area contributed by atoms with Gasteiger partial charge in [-0.3, -0.25) is 0 Å². The van der Waals surface area contributed by atoms with Gasteiger partial charge >= 0.3 is 6.09 Å². The van der Waals surface area contributed by atoms with E-state index in [2.05, 4.69) is 49.6 Å². The lowest BCUT2D eigenvalue weighted by Gasteiger charge is -2.37. The van der Waals surface area contributed by atoms with Crippen LogP contribution in [0.3, 0.4) is 0 Å². The zero-order valence-corrected chi connectivity index (χ0v) is 14.4. The summed E-state index contributed by atoms with van der Waals surface area (Å²) in [6, 6.07) is 16.2. The first-order chi connectivity index (χ1) is 11.5. The van der Waals surface area contributed by atoms with Crippen molar-refractivity contribution < 1.29 is 9.53 Å². The first-order valence-electron chi connectivity index (χ1n) is 8.39. The third kappa shape index (κ3) is 3.53. The summed E-state index contributed by atoms with van der Waals surface area (Å²) in [7, 11) is 0. The van der Waals surface area contributed by atoms with E-state index in [0.717, 1.165) is 16.8 Å². The van der Waals surface area contributed by atoms with E-state index in [1.165, 1.54) is 5.56 Å². The zero-order valence-electron chi connectivity index (χ0n) is 14.4. The van der Waals surface area contributed by atoms with Gasteiger partial charge in [-0.05, 0) is 31.0 Å². The van der Waals surface area contributed by atoms with Gasteiger partial charge in [0.1, 0.15) is 6.61 Å². The molecule has 0 saturated carbocycles. The van der Waals surface area contributed by atoms with E-state index in [1.807, 2.05) is 30.3 Å². The van der Waals surface area contributed by atoms with Crippen molar-refractivity contribution in [2.45, 2.75) is 39.5 Å². The third-order valence-corrected chi connectivity index (χ3v) is 4.73. The molecule has 3 atom stereocenters. The van der Waals surface area contributed by atoms with Crippen molar-refractivity contribution >= 4 is 11.8 Å². The lowest BCUT2D eigenvalue weighted by molar-refractivity contribution is 0.131. The fourth-order valence-electron chi connectivity index (χ4n) is 3.12. The summed E-state index contributed by atoms with van der Waals surface area (Å²) >= 11 is 0. The number of rotatable bonds is 3. The number of amides is 1. The van der Waals surface area contributed by atoms with Crippen molar-refractivity contribution in [3.8, 4) is 0 Å². The predicted octanol–water partition coefficient (Wildman–Crippen LogP) is 4.41. The number of aryl methyl sites for hydroxylation is 1. The summed E-state index contributed by atoms with van der Waals surface area (Å²) in [6.07, 6.45) is -0.378. The first-order valence-corrected chi connectivity index (χ1v) is 8.39. The van der Waals surface area contributed by atoms with E-state index in [-0.39, 0.29) is 30.7 Å². The van der Waals surface area contributed by atoms with Gasteiger partial charge in [0.05, 0.1) is 6.04 Å². The highest BCUT2D eigenvalue weighted by atomic mass is 16.5. The van der Waals surface area contributed by atoms with Crippen LogP contribution < -0.4 is 10.6 Å². The van der Waals surface area contributed by atoms with Crippen LogP contribution in [0.5, 0.6) is 0 Å². The van der Waals surface area contributed by atoms with E-state index in [0.29, 0.717) is 0 Å². The standard InChI is InChI=1S/C20H24N2O2/c1-13-9-10-18-17(11-13)19(14(2)15(3)21-18)22-20(23)24-12-16-7-5-4-6-8-16/h4-11,14-15,19,21H,12H2,1-3H3,(H,22,23). The number of nitrogens with one attached hydrogen (secondary N) is 2. The van der Waals surface area contributed by atoms with Crippen molar-refractivity contribution in [2.24, 2.45) is 5.92 Å². The minimum absolute atomic E-state index is 0.0561. The largest absolute Gasteiger partial charge is 0.445 e. The number of anilines is 1. The van der Waals surface area contributed by atoms with Gasteiger partial charge in [-0.1, -0.05) is 55.0 Å². The average molecular weight is 324 g/mol. The third-order valence-electron chi connectivity index (χ3n) is 4.73. The van der Waals surface area contributed by atoms with E-state index in [1.54, 1.807) is 0 Å². The van der Waals surface area contributed by atoms with Gasteiger partial charge in [-0.25, -0.2) is 4.79 Å². The van der Waals surface area contributed by atoms with Crippen LogP contribution >= 0.6 is 0 Å². The number of hydrogen-bond acceptors (Lipinski definition) is 3. The van der Waals surface area contributed by atoms with E-state index >= 15 is 0 Å². The number of ether oxygens (including phenoxy) is 1. The molecule has 0 aromatic heterocycles. The molecule has 0 bridgehead atoms. The van der Waals surface area contributed by atoms with Crippen molar-refractivity contribution in [1.29, 1.82) is 0 Å². The number of alkyl carbamates (subject to hydrolysis) is 1. The quantitative estimate of drug-likeness (QED) is 0.879. The number of hydrogen-bond donors (Lipinski definition) is 2. The highest BCUT2D eigenvalue weighted by Gasteiger charge is 2.32. The molecule has 24 heavy (non-hydrogen) atoms. The molecule has 1 aliphatic rings. The number of carbonyl (C=O) groups is 1. The topological polar surface area (TPSA) is 50.4 Å². The van der Waals surface area contributed by atoms with Crippen LogP contribution in [0.15, 0.2) is 48.5 Å². The Kier molecular flexibility index (Phi) is 4.74. The number of benzene rings is 2. The van der Waals surface area contributed by atoms with Gasteiger partial charge in [0.2, 0.25) is 0 Å². The lowest BCUT2D eigenvalue weighted by atomic mass is 9.84. The van der Waals surface area contributed by atoms with Gasteiger partial charge in [-0.15, -0.1) is 0 Å². The van der Waals surface area contributed by atoms with E-state index in [4.69, 9.17) is 4.74 Å². The van der Waals surface area contributed by atoms with Crippen LogP contribution in [-0.4, -0.2) is 12.1 Å². The van der Waals surface area contributed by atoms with Crippen molar-refractivity contribution in [2.75, 3.05) is 5.32 Å². The second-order valence-corrected chi connectivity index (χ2v) is 6.57. The SMILES string of the molecule is Cc1ccc2c(c1)C(NC(=O)OCc1ccccc1)C(C)C(C)N2. The molecular formula is C20H24N2O2. The summed E-state index contributed by atoms with van der Waals surface area (Å²) in [6.45, 7) is 6.62. The molecule has 0 aliphatic carbocycles. The molecule has 2 N–H and O–H groups in total. The van der Waals surface area contributed by atoms with Crippen LogP contribution in [0.25, 0.3) is 0 Å². The smallest absolute Gasteiger partial charge is 0.407 e. The fraction of sp³-hybridized carbons (Fsp3) is 0.350. The maximum Gasteiger partial charge on any atom is 0.407 e. The minimum Gasteiger partial charge on any atom is -0.445 e. The minimum atomic E-state index is -0.378. The Morgan fingerprint density at radius 3 is 2.67 bits per heavy atom. The molecule has 4 heteroatoms. The maximum absolute atomic E-state index is 12.3. The summed E-state index contributed by atoms with van der Waals surface area (Å²) < 4.78 is 5.39. The van der Waals surface area contributed by atoms with E-state index in [9.17, 15) is 4.79 Å². The Labute approximate surface area is 143 Å². The van der Waals surface area contributed by atoms with Gasteiger partial charge in [-0.2, -0.15) is 0 Å². The molecule has 126 valence electrons.